The molecule has 3 aromatic heterocycles. The molecule has 1 atom stereocenters. The van der Waals surface area contributed by atoms with Crippen LogP contribution in [0.3, 0.4) is 0 Å². The number of fused-ring (bicyclic) bond motifs is 1. The Hall–Kier alpha value is -5.80. The maximum Gasteiger partial charge on any atom is 0.253 e. The number of carbonyl (C=O) groups is 4. The number of piperazine rings is 1. The number of ether oxygens (including phenoxy) is 1. The van der Waals surface area contributed by atoms with E-state index >= 15 is 0 Å². The Labute approximate surface area is 334 Å². The Kier molecular flexibility index (Phi) is 10.4. The average molecular weight is 793 g/mol. The number of nitrogens with zero attached hydrogens (tertiary/aromatic N) is 7. The number of imidazole rings is 1. The van der Waals surface area contributed by atoms with E-state index < -0.39 is 0 Å². The molecule has 0 saturated carbocycles. The van der Waals surface area contributed by atoms with Crippen molar-refractivity contribution < 1.29 is 23.9 Å². The summed E-state index contributed by atoms with van der Waals surface area (Å²) in [4.78, 5) is 68.9. The molecule has 0 spiro atoms. The van der Waals surface area contributed by atoms with Gasteiger partial charge in [0.25, 0.3) is 5.91 Å². The molecule has 15 nitrogen and oxygen atoms in total. The fourth-order valence-corrected chi connectivity index (χ4v) is 8.12. The number of imide groups is 1. The van der Waals surface area contributed by atoms with Crippen LogP contribution in [0, 0.1) is 6.92 Å². The first kappa shape index (κ1) is 38.1. The van der Waals surface area contributed by atoms with Gasteiger partial charge >= 0.3 is 0 Å². The first-order chi connectivity index (χ1) is 27.4. The van der Waals surface area contributed by atoms with Crippen molar-refractivity contribution in [2.75, 3.05) is 50.7 Å². The van der Waals surface area contributed by atoms with Gasteiger partial charge in [0.15, 0.2) is 11.4 Å². The number of pyridine rings is 1. The number of piperidine rings is 2. The molecule has 3 fully saturated rings. The Morgan fingerprint density at radius 3 is 2.39 bits per heavy atom. The molecule has 8 rings (SSSR count). The Morgan fingerprint density at radius 2 is 1.72 bits per heavy atom. The highest BCUT2D eigenvalue weighted by Gasteiger charge is 2.33. The van der Waals surface area contributed by atoms with Crippen molar-refractivity contribution in [2.24, 2.45) is 7.05 Å². The molecule has 3 N–H and O–H groups in total. The molecule has 296 valence electrons. The number of anilines is 1. The maximum atomic E-state index is 13.4. The number of rotatable bonds is 9. The summed E-state index contributed by atoms with van der Waals surface area (Å²) in [6.07, 6.45) is 5.87. The van der Waals surface area contributed by atoms with Crippen LogP contribution in [0.5, 0.6) is 11.5 Å². The quantitative estimate of drug-likeness (QED) is 0.180. The van der Waals surface area contributed by atoms with Gasteiger partial charge in [0.2, 0.25) is 17.7 Å². The third-order valence-corrected chi connectivity index (χ3v) is 11.5. The Morgan fingerprint density at radius 1 is 1.00 bits per heavy atom. The van der Waals surface area contributed by atoms with Crippen LogP contribution in [0.2, 0.25) is 5.02 Å². The lowest BCUT2D eigenvalue weighted by atomic mass is 9.88. The maximum absolute atomic E-state index is 13.4. The lowest BCUT2D eigenvalue weighted by molar-refractivity contribution is -0.134. The number of hydrogen-bond donors (Lipinski definition) is 3. The van der Waals surface area contributed by atoms with E-state index in [0.29, 0.717) is 78.1 Å². The summed E-state index contributed by atoms with van der Waals surface area (Å²) in [5.74, 6) is 0.664. The second-order valence-electron chi connectivity index (χ2n) is 15.4. The van der Waals surface area contributed by atoms with Gasteiger partial charge in [0.05, 0.1) is 29.9 Å². The van der Waals surface area contributed by atoms with Crippen molar-refractivity contribution in [1.82, 2.24) is 45.2 Å². The highest BCUT2D eigenvalue weighted by molar-refractivity contribution is 6.32. The van der Waals surface area contributed by atoms with Crippen molar-refractivity contribution in [1.29, 1.82) is 0 Å². The van der Waals surface area contributed by atoms with Gasteiger partial charge in [0.1, 0.15) is 22.1 Å². The summed E-state index contributed by atoms with van der Waals surface area (Å²) in [7, 11) is 1.85. The number of H-pyrrole nitrogens is 1. The molecule has 4 amide bonds. The van der Waals surface area contributed by atoms with Gasteiger partial charge in [-0.3, -0.25) is 34.1 Å². The van der Waals surface area contributed by atoms with Crippen molar-refractivity contribution >= 4 is 52.1 Å². The van der Waals surface area contributed by atoms with Gasteiger partial charge in [-0.2, -0.15) is 5.10 Å². The fraction of sp³-hybridized carbons (Fsp3) is 0.390. The van der Waals surface area contributed by atoms with Gasteiger partial charge in [-0.05, 0) is 75.1 Å². The zero-order chi connectivity index (χ0) is 39.8. The van der Waals surface area contributed by atoms with Crippen LogP contribution < -0.4 is 20.3 Å². The van der Waals surface area contributed by atoms with E-state index in [1.54, 1.807) is 28.9 Å². The number of halogens is 1. The average Bonchev–Trinajstić information content (AvgIpc) is 3.78. The van der Waals surface area contributed by atoms with Crippen LogP contribution in [-0.4, -0.2) is 110 Å². The van der Waals surface area contributed by atoms with Crippen LogP contribution in [0.1, 0.15) is 60.1 Å². The summed E-state index contributed by atoms with van der Waals surface area (Å²) in [5.41, 5.74) is 4.91. The molecule has 0 bridgehead atoms. The number of amides is 4. The first-order valence-corrected chi connectivity index (χ1v) is 19.6. The molecule has 57 heavy (non-hydrogen) atoms. The van der Waals surface area contributed by atoms with Gasteiger partial charge < -0.3 is 24.8 Å². The normalized spacial score (nSPS) is 18.8. The highest BCUT2D eigenvalue weighted by atomic mass is 35.5. The van der Waals surface area contributed by atoms with Gasteiger partial charge in [-0.25, -0.2) is 9.97 Å². The van der Waals surface area contributed by atoms with E-state index in [9.17, 15) is 19.2 Å². The zero-order valence-electron chi connectivity index (χ0n) is 32.2. The summed E-state index contributed by atoms with van der Waals surface area (Å²) in [6, 6.07) is 15.0. The van der Waals surface area contributed by atoms with Crippen molar-refractivity contribution in [3.05, 3.63) is 82.8 Å². The molecule has 0 unspecified atom stereocenters. The van der Waals surface area contributed by atoms with Crippen molar-refractivity contribution in [3.8, 4) is 22.9 Å². The summed E-state index contributed by atoms with van der Waals surface area (Å²) >= 11 is 6.52. The number of aryl methyl sites for hydroxylation is 2. The molecular formula is C41H45ClN10O5. The molecule has 16 heteroatoms. The van der Waals surface area contributed by atoms with Crippen LogP contribution in [0.15, 0.2) is 60.9 Å². The van der Waals surface area contributed by atoms with Crippen LogP contribution in [-0.2, 0) is 21.4 Å². The number of hydrogen-bond acceptors (Lipinski definition) is 10. The molecule has 3 aliphatic heterocycles. The molecule has 0 radical (unpaired) electrons. The number of carbonyl (C=O) groups excluding carboxylic acids is 4. The second-order valence-corrected chi connectivity index (χ2v) is 15.8. The first-order valence-electron chi connectivity index (χ1n) is 19.3. The predicted molar refractivity (Wildman–Crippen MR) is 214 cm³/mol. The van der Waals surface area contributed by atoms with Crippen molar-refractivity contribution in [2.45, 2.75) is 51.0 Å². The Balaban J connectivity index is 0.797. The van der Waals surface area contributed by atoms with Crippen LogP contribution >= 0.6 is 11.6 Å². The third kappa shape index (κ3) is 8.21. The number of benzene rings is 2. The fourth-order valence-electron chi connectivity index (χ4n) is 7.94. The second kappa shape index (κ2) is 15.6. The summed E-state index contributed by atoms with van der Waals surface area (Å²) < 4.78 is 7.92. The largest absolute Gasteiger partial charge is 0.453 e. The van der Waals surface area contributed by atoms with E-state index in [2.05, 4.69) is 47.4 Å². The lowest BCUT2D eigenvalue weighted by Crippen LogP contribution is -2.57. The number of nitrogens with one attached hydrogen (secondary N) is 3. The van der Waals surface area contributed by atoms with Gasteiger partial charge in [0, 0.05) is 75.7 Å². The molecule has 5 aromatic rings. The number of aromatic nitrogens is 5. The lowest BCUT2D eigenvalue weighted by Gasteiger charge is -2.41. The van der Waals surface area contributed by atoms with Crippen molar-refractivity contribution in [3.63, 3.8) is 0 Å². The van der Waals surface area contributed by atoms with Crippen LogP contribution in [0.25, 0.3) is 22.6 Å². The zero-order valence-corrected chi connectivity index (χ0v) is 32.9. The Bertz CT molecular complexity index is 2320. The van der Waals surface area contributed by atoms with E-state index in [0.717, 1.165) is 48.4 Å². The molecule has 3 saturated heterocycles. The van der Waals surface area contributed by atoms with E-state index in [4.69, 9.17) is 16.3 Å². The highest BCUT2D eigenvalue weighted by Crippen LogP contribution is 2.36. The SMILES string of the molecule is Cc1nn(C)cc1-c1nc2ncc(Cl)c(Oc3ccc(C(=O)N4CCN(CC(=O)NC5(C)CCN(c6ccc([C@@H]7CCC(=O)NC7=O)cc6)CC5)CC4)cc3)c2[nH]1. The molecule has 6 heterocycles. The van der Waals surface area contributed by atoms with E-state index in [-0.39, 0.29) is 41.6 Å². The standard InChI is InChI=1S/C41H45ClN10O5/c1-25-31(23-49(3)48-25)37-45-35-36(32(42)22-43-38(35)46-37)57-29-10-6-27(7-11-29)40(56)52-20-18-50(19-21-52)24-34(54)47-41(2)14-16-51(17-15-41)28-8-4-26(5-9-28)30-12-13-33(53)44-39(30)55/h4-11,22-23,30H,12-21,24H2,1-3H3,(H,47,54)(H,43,45,46)(H,44,53,55)/t30-/m0/s1. The third-order valence-electron chi connectivity index (χ3n) is 11.3. The van der Waals surface area contributed by atoms with Crippen LogP contribution in [0.4, 0.5) is 5.69 Å². The monoisotopic (exact) mass is 792 g/mol. The van der Waals surface area contributed by atoms with Gasteiger partial charge in [-0.1, -0.05) is 23.7 Å². The minimum Gasteiger partial charge on any atom is -0.453 e. The summed E-state index contributed by atoms with van der Waals surface area (Å²) in [6.45, 7) is 8.10. The number of aromatic amines is 1. The predicted octanol–water partition coefficient (Wildman–Crippen LogP) is 4.57. The molecule has 3 aliphatic rings. The smallest absolute Gasteiger partial charge is 0.253 e. The molecule has 2 aromatic carbocycles. The summed E-state index contributed by atoms with van der Waals surface area (Å²) in [5, 5.41) is 10.4. The van der Waals surface area contributed by atoms with E-state index in [1.807, 2.05) is 49.3 Å². The minimum absolute atomic E-state index is 0.0139. The topological polar surface area (TPSA) is 171 Å². The van der Waals surface area contributed by atoms with Gasteiger partial charge in [-0.15, -0.1) is 0 Å². The minimum atomic E-state index is -0.317. The van der Waals surface area contributed by atoms with E-state index in [1.165, 1.54) is 6.20 Å². The molecule has 0 aliphatic carbocycles. The molecular weight excluding hydrogens is 748 g/mol.